The maximum atomic E-state index is 11.6. The molecule has 0 atom stereocenters. The van der Waals surface area contributed by atoms with Gasteiger partial charge in [0.2, 0.25) is 0 Å². The number of hydrogen-bond acceptors (Lipinski definition) is 6. The van der Waals surface area contributed by atoms with E-state index in [1.807, 2.05) is 0 Å². The predicted octanol–water partition coefficient (Wildman–Crippen LogP) is 1.28. The first-order valence-corrected chi connectivity index (χ1v) is 5.01. The lowest BCUT2D eigenvalue weighted by Crippen LogP contribution is -2.09. The van der Waals surface area contributed by atoms with Crippen molar-refractivity contribution in [1.82, 2.24) is 0 Å². The summed E-state index contributed by atoms with van der Waals surface area (Å²) in [6, 6.07) is 2.78. The zero-order chi connectivity index (χ0) is 13.7. The summed E-state index contributed by atoms with van der Waals surface area (Å²) in [7, 11) is 5.26. The van der Waals surface area contributed by atoms with E-state index in [2.05, 4.69) is 9.47 Å². The van der Waals surface area contributed by atoms with Crippen LogP contribution >= 0.6 is 0 Å². The van der Waals surface area contributed by atoms with Gasteiger partial charge in [0.15, 0.2) is 0 Å². The van der Waals surface area contributed by atoms with E-state index >= 15 is 0 Å². The number of carbonyl (C=O) groups excluding carboxylic acids is 2. The average Bonchev–Trinajstić information content (AvgIpc) is 2.43. The molecule has 0 spiro atoms. The smallest absolute Gasteiger partial charge is 0.345 e. The third-order valence-corrected chi connectivity index (χ3v) is 2.32. The van der Waals surface area contributed by atoms with E-state index in [1.54, 1.807) is 0 Å². The third-order valence-electron chi connectivity index (χ3n) is 2.32. The van der Waals surface area contributed by atoms with Crippen LogP contribution in [0.25, 0.3) is 0 Å². The molecule has 1 aromatic rings. The van der Waals surface area contributed by atoms with Gasteiger partial charge in [-0.15, -0.1) is 0 Å². The largest absolute Gasteiger partial charge is 0.496 e. The SMILES string of the molecule is COC(=O)c1cc(OC)c(C(=O)OC)c(OC)c1. The van der Waals surface area contributed by atoms with Gasteiger partial charge in [-0.05, 0) is 12.1 Å². The van der Waals surface area contributed by atoms with E-state index in [-0.39, 0.29) is 22.6 Å². The first kappa shape index (κ1) is 13.8. The maximum absolute atomic E-state index is 11.6. The summed E-state index contributed by atoms with van der Waals surface area (Å²) in [5.41, 5.74) is 0.342. The summed E-state index contributed by atoms with van der Waals surface area (Å²) in [5.74, 6) is -0.800. The molecule has 6 nitrogen and oxygen atoms in total. The minimum absolute atomic E-state index is 0.121. The number of ether oxygens (including phenoxy) is 4. The second kappa shape index (κ2) is 5.90. The molecule has 0 bridgehead atoms. The van der Waals surface area contributed by atoms with Gasteiger partial charge in [-0.1, -0.05) is 0 Å². The van der Waals surface area contributed by atoms with Crippen molar-refractivity contribution in [3.05, 3.63) is 23.3 Å². The summed E-state index contributed by atoms with van der Waals surface area (Å²) in [6.07, 6.45) is 0. The van der Waals surface area contributed by atoms with Gasteiger partial charge in [0.25, 0.3) is 0 Å². The predicted molar refractivity (Wildman–Crippen MR) is 62.2 cm³/mol. The molecular formula is C12H14O6. The lowest BCUT2D eigenvalue weighted by atomic mass is 10.1. The van der Waals surface area contributed by atoms with Crippen molar-refractivity contribution in [3.63, 3.8) is 0 Å². The van der Waals surface area contributed by atoms with Crippen LogP contribution in [0.1, 0.15) is 20.7 Å². The Labute approximate surface area is 104 Å². The fourth-order valence-electron chi connectivity index (χ4n) is 1.45. The number of carbonyl (C=O) groups is 2. The molecule has 0 aromatic heterocycles. The normalized spacial score (nSPS) is 9.56. The van der Waals surface area contributed by atoms with Gasteiger partial charge in [-0.2, -0.15) is 0 Å². The van der Waals surface area contributed by atoms with E-state index in [9.17, 15) is 9.59 Å². The van der Waals surface area contributed by atoms with Gasteiger partial charge >= 0.3 is 11.9 Å². The van der Waals surface area contributed by atoms with Crippen LogP contribution in [0.5, 0.6) is 11.5 Å². The Hall–Kier alpha value is -2.24. The van der Waals surface area contributed by atoms with Crippen LogP contribution < -0.4 is 9.47 Å². The zero-order valence-electron chi connectivity index (χ0n) is 10.6. The third kappa shape index (κ3) is 2.53. The van der Waals surface area contributed by atoms with Crippen molar-refractivity contribution in [2.75, 3.05) is 28.4 Å². The van der Waals surface area contributed by atoms with Crippen LogP contribution in [0.2, 0.25) is 0 Å². The molecule has 98 valence electrons. The quantitative estimate of drug-likeness (QED) is 0.754. The molecule has 0 saturated heterocycles. The summed E-state index contributed by atoms with van der Waals surface area (Å²) >= 11 is 0. The van der Waals surface area contributed by atoms with Crippen molar-refractivity contribution >= 4 is 11.9 Å². The fraction of sp³-hybridized carbons (Fsp3) is 0.333. The minimum Gasteiger partial charge on any atom is -0.496 e. The highest BCUT2D eigenvalue weighted by Gasteiger charge is 2.22. The van der Waals surface area contributed by atoms with Crippen molar-refractivity contribution in [3.8, 4) is 11.5 Å². The number of esters is 2. The molecule has 0 aliphatic carbocycles. The van der Waals surface area contributed by atoms with Crippen LogP contribution in [0.4, 0.5) is 0 Å². The molecule has 1 rings (SSSR count). The first-order chi connectivity index (χ1) is 8.58. The van der Waals surface area contributed by atoms with Crippen LogP contribution in [0, 0.1) is 0 Å². The van der Waals surface area contributed by atoms with Gasteiger partial charge in [0.1, 0.15) is 17.1 Å². The second-order valence-electron chi connectivity index (χ2n) is 3.24. The van der Waals surface area contributed by atoms with Gasteiger partial charge in [0.05, 0.1) is 34.0 Å². The molecule has 18 heavy (non-hydrogen) atoms. The lowest BCUT2D eigenvalue weighted by Gasteiger charge is -2.12. The number of benzene rings is 1. The van der Waals surface area contributed by atoms with E-state index in [1.165, 1.54) is 40.6 Å². The highest BCUT2D eigenvalue weighted by Crippen LogP contribution is 2.31. The van der Waals surface area contributed by atoms with Gasteiger partial charge in [-0.3, -0.25) is 0 Å². The summed E-state index contributed by atoms with van der Waals surface area (Å²) in [4.78, 5) is 23.1. The average molecular weight is 254 g/mol. The van der Waals surface area contributed by atoms with E-state index in [4.69, 9.17) is 9.47 Å². The maximum Gasteiger partial charge on any atom is 0.345 e. The molecule has 0 radical (unpaired) electrons. The Morgan fingerprint density at radius 1 is 0.833 bits per heavy atom. The van der Waals surface area contributed by atoms with E-state index < -0.39 is 11.9 Å². The molecular weight excluding hydrogens is 240 g/mol. The van der Waals surface area contributed by atoms with Crippen LogP contribution in [-0.2, 0) is 9.47 Å². The monoisotopic (exact) mass is 254 g/mol. The molecule has 0 N–H and O–H groups in total. The number of rotatable bonds is 4. The summed E-state index contributed by atoms with van der Waals surface area (Å²) < 4.78 is 19.3. The minimum atomic E-state index is -0.611. The molecule has 6 heteroatoms. The Balaban J connectivity index is 3.43. The molecule has 0 amide bonds. The summed E-state index contributed by atoms with van der Waals surface area (Å²) in [5, 5.41) is 0. The Morgan fingerprint density at radius 3 is 1.61 bits per heavy atom. The van der Waals surface area contributed by atoms with E-state index in [0.29, 0.717) is 0 Å². The fourth-order valence-corrected chi connectivity index (χ4v) is 1.45. The van der Waals surface area contributed by atoms with Gasteiger partial charge in [0, 0.05) is 0 Å². The van der Waals surface area contributed by atoms with Crippen LogP contribution in [0.15, 0.2) is 12.1 Å². The number of hydrogen-bond donors (Lipinski definition) is 0. The molecule has 0 aliphatic rings. The van der Waals surface area contributed by atoms with Crippen molar-refractivity contribution in [2.24, 2.45) is 0 Å². The van der Waals surface area contributed by atoms with Crippen LogP contribution in [0.3, 0.4) is 0 Å². The van der Waals surface area contributed by atoms with Crippen molar-refractivity contribution in [2.45, 2.75) is 0 Å². The lowest BCUT2D eigenvalue weighted by molar-refractivity contribution is 0.0579. The molecule has 1 aromatic carbocycles. The first-order valence-electron chi connectivity index (χ1n) is 5.01. The molecule has 0 heterocycles. The second-order valence-corrected chi connectivity index (χ2v) is 3.24. The van der Waals surface area contributed by atoms with Crippen molar-refractivity contribution in [1.29, 1.82) is 0 Å². The molecule has 0 unspecified atom stereocenters. The van der Waals surface area contributed by atoms with Crippen molar-refractivity contribution < 1.29 is 28.5 Å². The standard InChI is InChI=1S/C12H14O6/c1-15-8-5-7(11(13)17-3)6-9(16-2)10(8)12(14)18-4/h5-6H,1-4H3. The topological polar surface area (TPSA) is 71.1 Å². The van der Waals surface area contributed by atoms with Gasteiger partial charge in [-0.25, -0.2) is 9.59 Å². The van der Waals surface area contributed by atoms with Crippen LogP contribution in [-0.4, -0.2) is 40.4 Å². The highest BCUT2D eigenvalue weighted by atomic mass is 16.5. The zero-order valence-corrected chi connectivity index (χ0v) is 10.6. The molecule has 0 aliphatic heterocycles. The Morgan fingerprint density at radius 2 is 1.28 bits per heavy atom. The summed E-state index contributed by atoms with van der Waals surface area (Å²) in [6.45, 7) is 0. The number of methoxy groups -OCH3 is 4. The van der Waals surface area contributed by atoms with E-state index in [0.717, 1.165) is 0 Å². The molecule has 0 fully saturated rings. The highest BCUT2D eigenvalue weighted by molar-refractivity contribution is 5.99. The van der Waals surface area contributed by atoms with Gasteiger partial charge < -0.3 is 18.9 Å². The Kier molecular flexibility index (Phi) is 4.53. The molecule has 0 saturated carbocycles. The Bertz CT molecular complexity index is 441.